The van der Waals surface area contributed by atoms with Gasteiger partial charge in [0.05, 0.1) is 22.1 Å². The molecule has 0 aliphatic heterocycles. The van der Waals surface area contributed by atoms with Gasteiger partial charge in [0.15, 0.2) is 17.5 Å². The van der Waals surface area contributed by atoms with E-state index in [4.69, 9.17) is 19.4 Å². The lowest BCUT2D eigenvalue weighted by Crippen LogP contribution is -2.01. The molecule has 11 rings (SSSR count). The zero-order valence-electron chi connectivity index (χ0n) is 27.9. The summed E-state index contributed by atoms with van der Waals surface area (Å²) < 4.78 is 9.02. The summed E-state index contributed by atoms with van der Waals surface area (Å²) in [6.07, 6.45) is 0. The van der Waals surface area contributed by atoms with E-state index in [0.29, 0.717) is 17.5 Å². The Balaban J connectivity index is 1.23. The minimum Gasteiger partial charge on any atom is -0.456 e. The highest BCUT2D eigenvalue weighted by Gasteiger charge is 2.22. The van der Waals surface area contributed by atoms with Crippen molar-refractivity contribution in [2.75, 3.05) is 0 Å². The molecule has 0 bridgehead atoms. The van der Waals surface area contributed by atoms with Crippen LogP contribution in [0.25, 0.3) is 105 Å². The molecule has 5 heteroatoms. The minimum atomic E-state index is 0.576. The average molecular weight is 665 g/mol. The van der Waals surface area contributed by atoms with Crippen molar-refractivity contribution in [3.63, 3.8) is 0 Å². The molecule has 0 aliphatic carbocycles. The fourth-order valence-corrected chi connectivity index (χ4v) is 7.82. The summed E-state index contributed by atoms with van der Waals surface area (Å²) >= 11 is 0. The van der Waals surface area contributed by atoms with E-state index in [1.807, 2.05) is 42.5 Å². The maximum Gasteiger partial charge on any atom is 0.164 e. The Morgan fingerprint density at radius 3 is 1.85 bits per heavy atom. The first-order valence-corrected chi connectivity index (χ1v) is 17.4. The van der Waals surface area contributed by atoms with E-state index in [2.05, 4.69) is 132 Å². The maximum absolute atomic E-state index is 6.64. The van der Waals surface area contributed by atoms with E-state index in [0.717, 1.165) is 60.7 Å². The summed E-state index contributed by atoms with van der Waals surface area (Å²) in [5.41, 5.74) is 7.55. The van der Waals surface area contributed by atoms with Crippen molar-refractivity contribution in [3.8, 4) is 39.9 Å². The Morgan fingerprint density at radius 1 is 0.365 bits per heavy atom. The standard InChI is InChI=1S/C47H28N4O/c1-2-14-31(15-3-1)45-48-46(33-23-22-29-12-4-5-16-32(29)26-33)50-47(49-45)34-27-40(44-37-19-9-11-21-41(37)52-42(44)28-34)51-38-20-10-8-18-36(38)43-35-17-7-6-13-30(35)24-25-39(43)51/h1-28H. The van der Waals surface area contributed by atoms with Crippen LogP contribution < -0.4 is 0 Å². The van der Waals surface area contributed by atoms with E-state index in [1.54, 1.807) is 0 Å². The van der Waals surface area contributed by atoms with Crippen LogP contribution in [0.4, 0.5) is 0 Å². The fourth-order valence-electron chi connectivity index (χ4n) is 7.82. The molecule has 0 saturated heterocycles. The Bertz CT molecular complexity index is 3190. The van der Waals surface area contributed by atoms with Gasteiger partial charge in [0.2, 0.25) is 0 Å². The van der Waals surface area contributed by atoms with Gasteiger partial charge in [-0.2, -0.15) is 0 Å². The molecule has 0 spiro atoms. The first-order valence-electron chi connectivity index (χ1n) is 17.4. The predicted molar refractivity (Wildman–Crippen MR) is 213 cm³/mol. The smallest absolute Gasteiger partial charge is 0.164 e. The first kappa shape index (κ1) is 28.7. The van der Waals surface area contributed by atoms with Crippen molar-refractivity contribution in [1.82, 2.24) is 19.5 Å². The predicted octanol–water partition coefficient (Wildman–Crippen LogP) is 12.2. The molecule has 242 valence electrons. The molecule has 0 fully saturated rings. The lowest BCUT2D eigenvalue weighted by atomic mass is 10.0. The molecule has 52 heavy (non-hydrogen) atoms. The summed E-state index contributed by atoms with van der Waals surface area (Å²) in [6, 6.07) is 59.2. The number of nitrogens with zero attached hydrogens (tertiary/aromatic N) is 4. The van der Waals surface area contributed by atoms with Crippen molar-refractivity contribution >= 4 is 65.3 Å². The maximum atomic E-state index is 6.64. The number of furan rings is 1. The Morgan fingerprint density at radius 2 is 1.00 bits per heavy atom. The number of para-hydroxylation sites is 2. The zero-order chi connectivity index (χ0) is 34.2. The third-order valence-electron chi connectivity index (χ3n) is 10.2. The quantitative estimate of drug-likeness (QED) is 0.188. The van der Waals surface area contributed by atoms with Crippen molar-refractivity contribution in [2.45, 2.75) is 0 Å². The van der Waals surface area contributed by atoms with Crippen LogP contribution in [-0.2, 0) is 0 Å². The van der Waals surface area contributed by atoms with Gasteiger partial charge >= 0.3 is 0 Å². The minimum absolute atomic E-state index is 0.576. The van der Waals surface area contributed by atoms with Crippen LogP contribution in [0.1, 0.15) is 0 Å². The van der Waals surface area contributed by atoms with Gasteiger partial charge in [-0.05, 0) is 57.9 Å². The van der Waals surface area contributed by atoms with Crippen LogP contribution in [-0.4, -0.2) is 19.5 Å². The Labute approximate surface area is 298 Å². The molecule has 3 aromatic heterocycles. The molecule has 11 aromatic rings. The number of rotatable bonds is 4. The summed E-state index contributed by atoms with van der Waals surface area (Å²) in [5.74, 6) is 1.80. The van der Waals surface area contributed by atoms with Gasteiger partial charge < -0.3 is 8.98 Å². The highest BCUT2D eigenvalue weighted by molar-refractivity contribution is 6.22. The van der Waals surface area contributed by atoms with Gasteiger partial charge in [-0.1, -0.05) is 133 Å². The highest BCUT2D eigenvalue weighted by atomic mass is 16.3. The van der Waals surface area contributed by atoms with Crippen LogP contribution >= 0.6 is 0 Å². The summed E-state index contributed by atoms with van der Waals surface area (Å²) in [7, 11) is 0. The van der Waals surface area contributed by atoms with Crippen molar-refractivity contribution < 1.29 is 4.42 Å². The molecule has 0 unspecified atom stereocenters. The molecule has 0 radical (unpaired) electrons. The Kier molecular flexibility index (Phi) is 6.18. The van der Waals surface area contributed by atoms with Crippen molar-refractivity contribution in [2.24, 2.45) is 0 Å². The molecule has 0 N–H and O–H groups in total. The van der Waals surface area contributed by atoms with E-state index >= 15 is 0 Å². The van der Waals surface area contributed by atoms with Gasteiger partial charge in [0.1, 0.15) is 11.2 Å². The van der Waals surface area contributed by atoms with E-state index in [1.165, 1.54) is 26.9 Å². The third-order valence-corrected chi connectivity index (χ3v) is 10.2. The molecular formula is C47H28N4O. The number of aromatic nitrogens is 4. The molecule has 0 atom stereocenters. The normalized spacial score (nSPS) is 11.8. The highest BCUT2D eigenvalue weighted by Crippen LogP contribution is 2.42. The van der Waals surface area contributed by atoms with Gasteiger partial charge in [0, 0.05) is 32.8 Å². The van der Waals surface area contributed by atoms with Crippen LogP contribution in [0.3, 0.4) is 0 Å². The molecular weight excluding hydrogens is 637 g/mol. The molecule has 5 nitrogen and oxygen atoms in total. The zero-order valence-corrected chi connectivity index (χ0v) is 27.9. The second-order valence-corrected chi connectivity index (χ2v) is 13.2. The number of hydrogen-bond donors (Lipinski definition) is 0. The molecule has 8 aromatic carbocycles. The number of hydrogen-bond acceptors (Lipinski definition) is 4. The van der Waals surface area contributed by atoms with Crippen LogP contribution in [0.2, 0.25) is 0 Å². The largest absolute Gasteiger partial charge is 0.456 e. The lowest BCUT2D eigenvalue weighted by molar-refractivity contribution is 0.669. The van der Waals surface area contributed by atoms with E-state index in [-0.39, 0.29) is 0 Å². The van der Waals surface area contributed by atoms with Gasteiger partial charge in [-0.25, -0.2) is 15.0 Å². The van der Waals surface area contributed by atoms with Crippen molar-refractivity contribution in [3.05, 3.63) is 170 Å². The molecule has 0 saturated carbocycles. The van der Waals surface area contributed by atoms with Crippen LogP contribution in [0, 0.1) is 0 Å². The van der Waals surface area contributed by atoms with Crippen molar-refractivity contribution in [1.29, 1.82) is 0 Å². The first-order chi connectivity index (χ1) is 25.8. The summed E-state index contributed by atoms with van der Waals surface area (Å²) in [5, 5.41) is 9.27. The third kappa shape index (κ3) is 4.39. The summed E-state index contributed by atoms with van der Waals surface area (Å²) in [4.78, 5) is 15.4. The molecule has 0 aliphatic rings. The van der Waals surface area contributed by atoms with Crippen LogP contribution in [0.15, 0.2) is 174 Å². The van der Waals surface area contributed by atoms with Gasteiger partial charge in [0.25, 0.3) is 0 Å². The lowest BCUT2D eigenvalue weighted by Gasteiger charge is -2.13. The SMILES string of the molecule is c1ccc(-c2nc(-c3ccc4ccccc4c3)nc(-c3cc(-n4c5ccccc5c5c6ccccc6ccc54)c4c(c3)oc3ccccc34)n2)cc1. The van der Waals surface area contributed by atoms with Gasteiger partial charge in [-0.3, -0.25) is 0 Å². The van der Waals surface area contributed by atoms with Gasteiger partial charge in [-0.15, -0.1) is 0 Å². The second-order valence-electron chi connectivity index (χ2n) is 13.2. The van der Waals surface area contributed by atoms with E-state index < -0.39 is 0 Å². The number of fused-ring (bicyclic) bond motifs is 9. The van der Waals surface area contributed by atoms with Crippen LogP contribution in [0.5, 0.6) is 0 Å². The molecule has 3 heterocycles. The molecule has 0 amide bonds. The van der Waals surface area contributed by atoms with E-state index in [9.17, 15) is 0 Å². The average Bonchev–Trinajstić information content (AvgIpc) is 3.77. The number of benzene rings is 8. The monoisotopic (exact) mass is 664 g/mol. The summed E-state index contributed by atoms with van der Waals surface area (Å²) in [6.45, 7) is 0. The second kappa shape index (κ2) is 11.2. The Hall–Kier alpha value is -7.11. The topological polar surface area (TPSA) is 56.7 Å². The fraction of sp³-hybridized carbons (Fsp3) is 0.